The summed E-state index contributed by atoms with van der Waals surface area (Å²) in [6.45, 7) is 0. The summed E-state index contributed by atoms with van der Waals surface area (Å²) in [5, 5.41) is 0. The van der Waals surface area contributed by atoms with Crippen LogP contribution in [0.5, 0.6) is 0 Å². The molecule has 8 heteroatoms. The summed E-state index contributed by atoms with van der Waals surface area (Å²) in [5.74, 6) is 2.59. The van der Waals surface area contributed by atoms with E-state index in [1.54, 1.807) is 12.4 Å². The minimum Gasteiger partial charge on any atom is -0.341 e. The zero-order valence-electron chi connectivity index (χ0n) is 16.3. The molecule has 2 atom stereocenters. The van der Waals surface area contributed by atoms with E-state index in [2.05, 4.69) is 93.7 Å². The SMILES string of the molecule is N[C@@H](CS)c1ncc(-c2ccc(-c3ccc(-c4cnc([C@@H](N)CS)[nH]4)cc3)cc2)[nH]1. The molecule has 0 saturated carbocycles. The molecule has 4 aromatic rings. The van der Waals surface area contributed by atoms with Crippen molar-refractivity contribution in [3.05, 3.63) is 72.6 Å². The molecule has 2 heterocycles. The number of hydrogen-bond donors (Lipinski definition) is 6. The van der Waals surface area contributed by atoms with E-state index < -0.39 is 0 Å². The zero-order chi connectivity index (χ0) is 21.1. The summed E-state index contributed by atoms with van der Waals surface area (Å²) in [7, 11) is 0. The lowest BCUT2D eigenvalue weighted by Gasteiger charge is -2.06. The third-order valence-electron chi connectivity index (χ3n) is 5.01. The van der Waals surface area contributed by atoms with Crippen molar-refractivity contribution in [2.75, 3.05) is 11.5 Å². The molecule has 0 aliphatic rings. The number of imidazole rings is 2. The number of hydrogen-bond acceptors (Lipinski definition) is 6. The van der Waals surface area contributed by atoms with Crippen LogP contribution in [0.15, 0.2) is 60.9 Å². The molecular weight excluding hydrogens is 412 g/mol. The maximum Gasteiger partial charge on any atom is 0.124 e. The molecule has 6 N–H and O–H groups in total. The molecule has 2 aromatic heterocycles. The summed E-state index contributed by atoms with van der Waals surface area (Å²) in [4.78, 5) is 15.2. The van der Waals surface area contributed by atoms with E-state index in [0.717, 1.165) is 45.3 Å². The number of rotatable bonds is 7. The average Bonchev–Trinajstić information content (AvgIpc) is 3.49. The van der Waals surface area contributed by atoms with Crippen LogP contribution in [-0.4, -0.2) is 31.4 Å². The molecule has 30 heavy (non-hydrogen) atoms. The summed E-state index contributed by atoms with van der Waals surface area (Å²) in [6, 6.07) is 16.3. The molecule has 0 aliphatic heterocycles. The van der Waals surface area contributed by atoms with Gasteiger partial charge in [-0.1, -0.05) is 48.5 Å². The number of H-pyrrole nitrogens is 2. The van der Waals surface area contributed by atoms with Crippen molar-refractivity contribution in [3.63, 3.8) is 0 Å². The van der Waals surface area contributed by atoms with Crippen molar-refractivity contribution >= 4 is 25.3 Å². The Kier molecular flexibility index (Phi) is 6.29. The lowest BCUT2D eigenvalue weighted by Crippen LogP contribution is -2.13. The molecule has 0 saturated heterocycles. The second-order valence-electron chi connectivity index (χ2n) is 7.10. The standard InChI is InChI=1S/C22H24N6S2/c23-17(11-29)21-25-9-19(27-21)15-5-1-13(2-6-15)14-3-7-16(8-4-14)20-10-26-22(28-20)18(24)12-30/h1-10,17-18,29-30H,11-12,23-24H2,(H,25,27)(H,26,28)/t17-,18-/m0/s1. The van der Waals surface area contributed by atoms with Crippen molar-refractivity contribution in [1.82, 2.24) is 19.9 Å². The highest BCUT2D eigenvalue weighted by atomic mass is 32.1. The van der Waals surface area contributed by atoms with Crippen LogP contribution >= 0.6 is 25.3 Å². The first-order valence-corrected chi connectivity index (χ1v) is 10.9. The predicted octanol–water partition coefficient (Wildman–Crippen LogP) is 3.99. The summed E-state index contributed by atoms with van der Waals surface area (Å²) >= 11 is 8.45. The van der Waals surface area contributed by atoms with E-state index in [1.807, 2.05) is 0 Å². The van der Waals surface area contributed by atoms with Crippen molar-refractivity contribution in [2.45, 2.75) is 12.1 Å². The van der Waals surface area contributed by atoms with Crippen molar-refractivity contribution in [2.24, 2.45) is 11.5 Å². The van der Waals surface area contributed by atoms with Gasteiger partial charge in [-0.3, -0.25) is 0 Å². The summed E-state index contributed by atoms with van der Waals surface area (Å²) in [5.41, 5.74) is 18.2. The zero-order valence-corrected chi connectivity index (χ0v) is 18.1. The van der Waals surface area contributed by atoms with Crippen LogP contribution in [0, 0.1) is 0 Å². The van der Waals surface area contributed by atoms with Crippen molar-refractivity contribution in [1.29, 1.82) is 0 Å². The number of thiol groups is 2. The Morgan fingerprint density at radius 3 is 1.30 bits per heavy atom. The highest BCUT2D eigenvalue weighted by Gasteiger charge is 2.11. The van der Waals surface area contributed by atoms with Crippen LogP contribution in [0.3, 0.4) is 0 Å². The highest BCUT2D eigenvalue weighted by molar-refractivity contribution is 7.80. The largest absolute Gasteiger partial charge is 0.341 e. The Balaban J connectivity index is 1.51. The maximum absolute atomic E-state index is 5.98. The molecule has 154 valence electrons. The van der Waals surface area contributed by atoms with Gasteiger partial charge in [-0.25, -0.2) is 9.97 Å². The van der Waals surface area contributed by atoms with Crippen molar-refractivity contribution in [3.8, 4) is 33.6 Å². The van der Waals surface area contributed by atoms with Crippen LogP contribution in [0.2, 0.25) is 0 Å². The molecule has 0 spiro atoms. The summed E-state index contributed by atoms with van der Waals surface area (Å²) < 4.78 is 0. The van der Waals surface area contributed by atoms with E-state index in [1.165, 1.54) is 0 Å². The van der Waals surface area contributed by atoms with Crippen LogP contribution in [0.4, 0.5) is 0 Å². The summed E-state index contributed by atoms with van der Waals surface area (Å²) in [6.07, 6.45) is 3.61. The molecule has 4 rings (SSSR count). The first kappa shape index (κ1) is 20.7. The van der Waals surface area contributed by atoms with Gasteiger partial charge in [0.15, 0.2) is 0 Å². The molecule has 0 bridgehead atoms. The fraction of sp³-hybridized carbons (Fsp3) is 0.182. The first-order valence-electron chi connectivity index (χ1n) is 9.63. The smallest absolute Gasteiger partial charge is 0.124 e. The van der Waals surface area contributed by atoms with Crippen molar-refractivity contribution < 1.29 is 0 Å². The van der Waals surface area contributed by atoms with Gasteiger partial charge < -0.3 is 21.4 Å². The lowest BCUT2D eigenvalue weighted by atomic mass is 10.0. The van der Waals surface area contributed by atoms with E-state index in [-0.39, 0.29) is 12.1 Å². The van der Waals surface area contributed by atoms with E-state index >= 15 is 0 Å². The number of benzene rings is 2. The Hall–Kier alpha value is -2.52. The van der Waals surface area contributed by atoms with Gasteiger partial charge in [0.2, 0.25) is 0 Å². The van der Waals surface area contributed by atoms with Gasteiger partial charge in [-0.15, -0.1) is 0 Å². The fourth-order valence-electron chi connectivity index (χ4n) is 3.20. The van der Waals surface area contributed by atoms with Gasteiger partial charge in [0.1, 0.15) is 11.6 Å². The second kappa shape index (κ2) is 9.09. The molecule has 0 unspecified atom stereocenters. The van der Waals surface area contributed by atoms with Gasteiger partial charge in [0.25, 0.3) is 0 Å². The third-order valence-corrected chi connectivity index (χ3v) is 5.80. The Bertz CT molecular complexity index is 1010. The number of aromatic nitrogens is 4. The predicted molar refractivity (Wildman–Crippen MR) is 129 cm³/mol. The molecule has 0 amide bonds. The van der Waals surface area contributed by atoms with E-state index in [0.29, 0.717) is 11.5 Å². The molecule has 0 radical (unpaired) electrons. The molecule has 0 aliphatic carbocycles. The van der Waals surface area contributed by atoms with E-state index in [4.69, 9.17) is 11.5 Å². The lowest BCUT2D eigenvalue weighted by molar-refractivity contribution is 0.769. The van der Waals surface area contributed by atoms with Gasteiger partial charge in [0, 0.05) is 11.5 Å². The number of aromatic amines is 2. The first-order chi connectivity index (χ1) is 14.6. The number of nitrogens with two attached hydrogens (primary N) is 2. The average molecular weight is 437 g/mol. The Labute approximate surface area is 186 Å². The quantitative estimate of drug-likeness (QED) is 0.246. The highest BCUT2D eigenvalue weighted by Crippen LogP contribution is 2.27. The van der Waals surface area contributed by atoms with Crippen LogP contribution in [0.25, 0.3) is 33.6 Å². The monoisotopic (exact) mass is 436 g/mol. The minimum atomic E-state index is -0.195. The van der Waals surface area contributed by atoms with Crippen LogP contribution in [0.1, 0.15) is 23.7 Å². The molecular formula is C22H24N6S2. The number of nitrogens with zero attached hydrogens (tertiary/aromatic N) is 2. The Morgan fingerprint density at radius 2 is 0.967 bits per heavy atom. The number of nitrogens with one attached hydrogen (secondary N) is 2. The van der Waals surface area contributed by atoms with Gasteiger partial charge >= 0.3 is 0 Å². The minimum absolute atomic E-state index is 0.195. The second-order valence-corrected chi connectivity index (χ2v) is 7.83. The normalized spacial score (nSPS) is 13.3. The van der Waals surface area contributed by atoms with Gasteiger partial charge in [-0.05, 0) is 22.3 Å². The van der Waals surface area contributed by atoms with Crippen LogP contribution in [-0.2, 0) is 0 Å². The maximum atomic E-state index is 5.98. The van der Waals surface area contributed by atoms with E-state index in [9.17, 15) is 0 Å². The molecule has 0 fully saturated rings. The van der Waals surface area contributed by atoms with Crippen LogP contribution < -0.4 is 11.5 Å². The molecule has 2 aromatic carbocycles. The van der Waals surface area contributed by atoms with Gasteiger partial charge in [-0.2, -0.15) is 25.3 Å². The fourth-order valence-corrected chi connectivity index (χ4v) is 3.55. The molecule has 6 nitrogen and oxygen atoms in total. The van der Waals surface area contributed by atoms with Gasteiger partial charge in [0.05, 0.1) is 35.9 Å². The topological polar surface area (TPSA) is 109 Å². The third kappa shape index (κ3) is 4.32. The Morgan fingerprint density at radius 1 is 0.633 bits per heavy atom.